The fraction of sp³-hybridized carbons (Fsp3) is 0.700. The van der Waals surface area contributed by atoms with Crippen LogP contribution in [0.3, 0.4) is 0 Å². The van der Waals surface area contributed by atoms with E-state index in [9.17, 15) is 0 Å². The summed E-state index contributed by atoms with van der Waals surface area (Å²) in [4.78, 5) is 11.0. The number of hydrogen-bond acceptors (Lipinski definition) is 8. The molecule has 0 amide bonds. The van der Waals surface area contributed by atoms with E-state index in [1.807, 2.05) is 7.05 Å². The summed E-state index contributed by atoms with van der Waals surface area (Å²) in [5, 5.41) is 16.8. The van der Waals surface area contributed by atoms with Gasteiger partial charge in [0.05, 0.1) is 18.4 Å². The number of nitrogens with two attached hydrogens (primary N) is 1. The van der Waals surface area contributed by atoms with Crippen LogP contribution in [0.15, 0.2) is 9.68 Å². The molecule has 2 atom stereocenters. The molecule has 18 heavy (non-hydrogen) atoms. The fourth-order valence-electron chi connectivity index (χ4n) is 1.94. The van der Waals surface area contributed by atoms with Gasteiger partial charge < -0.3 is 20.2 Å². The van der Waals surface area contributed by atoms with Crippen molar-refractivity contribution in [3.05, 3.63) is 11.7 Å². The van der Waals surface area contributed by atoms with Crippen LogP contribution in [0.1, 0.15) is 30.2 Å². The number of likely N-dealkylation sites (tertiary alicyclic amines) is 1. The van der Waals surface area contributed by atoms with Gasteiger partial charge in [-0.2, -0.15) is 4.98 Å². The minimum Gasteiger partial charge on any atom is -0.399 e. The molecule has 1 aliphatic heterocycles. The lowest BCUT2D eigenvalue weighted by molar-refractivity contribution is 0.212. The molecule has 0 radical (unpaired) electrons. The summed E-state index contributed by atoms with van der Waals surface area (Å²) in [5.74, 6) is 0.802. The zero-order chi connectivity index (χ0) is 13.1. The van der Waals surface area contributed by atoms with Crippen molar-refractivity contribution in [1.82, 2.24) is 15.0 Å². The molecule has 1 fully saturated rings. The van der Waals surface area contributed by atoms with Gasteiger partial charge in [0.2, 0.25) is 5.89 Å². The Balaban J connectivity index is 2.12. The van der Waals surface area contributed by atoms with E-state index in [4.69, 9.17) is 20.2 Å². The maximum Gasteiger partial charge on any atom is 0.245 e. The number of hydrogen-bond donors (Lipinski definition) is 2. The fourth-order valence-corrected chi connectivity index (χ4v) is 1.94. The highest BCUT2D eigenvalue weighted by Crippen LogP contribution is 2.27. The Morgan fingerprint density at radius 2 is 2.50 bits per heavy atom. The predicted octanol–water partition coefficient (Wildman–Crippen LogP) is -0.559. The second-order valence-corrected chi connectivity index (χ2v) is 4.26. The first-order chi connectivity index (χ1) is 8.65. The molecular formula is C10H17N5O3. The average molecular weight is 255 g/mol. The summed E-state index contributed by atoms with van der Waals surface area (Å²) >= 11 is 0. The van der Waals surface area contributed by atoms with Gasteiger partial charge in [-0.1, -0.05) is 10.3 Å². The summed E-state index contributed by atoms with van der Waals surface area (Å²) < 4.78 is 5.03. The maximum absolute atomic E-state index is 8.93. The summed E-state index contributed by atoms with van der Waals surface area (Å²) in [5.41, 5.74) is 6.55. The van der Waals surface area contributed by atoms with Crippen LogP contribution >= 0.6 is 0 Å². The highest BCUT2D eigenvalue weighted by Gasteiger charge is 2.32. The van der Waals surface area contributed by atoms with Crippen LogP contribution < -0.4 is 5.73 Å². The molecule has 0 aliphatic carbocycles. The van der Waals surface area contributed by atoms with Gasteiger partial charge in [-0.3, -0.25) is 4.90 Å². The first-order valence-electron chi connectivity index (χ1n) is 5.64. The van der Waals surface area contributed by atoms with Crippen molar-refractivity contribution in [3.8, 4) is 0 Å². The molecule has 2 heterocycles. The average Bonchev–Trinajstić information content (AvgIpc) is 2.95. The van der Waals surface area contributed by atoms with Crippen LogP contribution in [0, 0.1) is 0 Å². The van der Waals surface area contributed by atoms with Crippen LogP contribution in [0.4, 0.5) is 0 Å². The first kappa shape index (κ1) is 12.9. The van der Waals surface area contributed by atoms with Crippen LogP contribution in [0.2, 0.25) is 0 Å². The molecule has 0 spiro atoms. The van der Waals surface area contributed by atoms with Gasteiger partial charge in [0.15, 0.2) is 5.82 Å². The Morgan fingerprint density at radius 1 is 1.72 bits per heavy atom. The van der Waals surface area contributed by atoms with Crippen molar-refractivity contribution in [2.75, 3.05) is 27.3 Å². The van der Waals surface area contributed by atoms with Crippen molar-refractivity contribution in [1.29, 1.82) is 0 Å². The van der Waals surface area contributed by atoms with Crippen LogP contribution in [-0.2, 0) is 4.84 Å². The largest absolute Gasteiger partial charge is 0.399 e. The van der Waals surface area contributed by atoms with Crippen molar-refractivity contribution >= 4 is 5.71 Å². The van der Waals surface area contributed by atoms with E-state index in [2.05, 4.69) is 20.2 Å². The number of rotatable bonds is 4. The molecule has 2 rings (SSSR count). The van der Waals surface area contributed by atoms with Crippen molar-refractivity contribution < 1.29 is 14.5 Å². The molecule has 0 bridgehead atoms. The van der Waals surface area contributed by atoms with E-state index in [1.165, 1.54) is 7.11 Å². The predicted molar refractivity (Wildman–Crippen MR) is 62.7 cm³/mol. The van der Waals surface area contributed by atoms with Gasteiger partial charge in [-0.15, -0.1) is 0 Å². The molecule has 8 nitrogen and oxygen atoms in total. The normalized spacial score (nSPS) is 24.7. The van der Waals surface area contributed by atoms with E-state index in [0.29, 0.717) is 18.8 Å². The molecule has 0 aromatic carbocycles. The SMILES string of the molecule is CON=C1CC(c2noc(C(N)CO)n2)N(C)C1. The molecule has 1 saturated heterocycles. The number of oxime groups is 1. The van der Waals surface area contributed by atoms with Gasteiger partial charge in [0, 0.05) is 13.0 Å². The summed E-state index contributed by atoms with van der Waals surface area (Å²) in [6.07, 6.45) is 0.692. The lowest BCUT2D eigenvalue weighted by Crippen LogP contribution is -2.20. The van der Waals surface area contributed by atoms with Crippen LogP contribution in [-0.4, -0.2) is 53.2 Å². The third kappa shape index (κ3) is 2.50. The Labute approximate surface area is 104 Å². The van der Waals surface area contributed by atoms with E-state index >= 15 is 0 Å². The molecule has 1 aliphatic rings. The summed E-state index contributed by atoms with van der Waals surface area (Å²) in [6.45, 7) is 0.479. The molecule has 8 heteroatoms. The zero-order valence-corrected chi connectivity index (χ0v) is 10.4. The van der Waals surface area contributed by atoms with Crippen molar-refractivity contribution in [3.63, 3.8) is 0 Å². The second-order valence-electron chi connectivity index (χ2n) is 4.26. The number of aromatic nitrogens is 2. The maximum atomic E-state index is 8.93. The van der Waals surface area contributed by atoms with E-state index in [0.717, 1.165) is 5.71 Å². The van der Waals surface area contributed by atoms with E-state index in [-0.39, 0.29) is 18.5 Å². The minimum atomic E-state index is -0.634. The smallest absolute Gasteiger partial charge is 0.245 e. The second kappa shape index (κ2) is 5.42. The Morgan fingerprint density at radius 3 is 3.17 bits per heavy atom. The molecule has 1 aromatic rings. The van der Waals surface area contributed by atoms with E-state index < -0.39 is 6.04 Å². The standard InChI is InChI=1S/C10H17N5O3/c1-15-4-6(13-17-2)3-8(15)9-12-10(18-14-9)7(11)5-16/h7-8,16H,3-5,11H2,1-2H3. The van der Waals surface area contributed by atoms with Crippen LogP contribution in [0.25, 0.3) is 0 Å². The van der Waals surface area contributed by atoms with Crippen LogP contribution in [0.5, 0.6) is 0 Å². The Bertz CT molecular complexity index is 433. The van der Waals surface area contributed by atoms with Gasteiger partial charge in [-0.05, 0) is 7.05 Å². The lowest BCUT2D eigenvalue weighted by Gasteiger charge is -2.13. The Hall–Kier alpha value is -1.51. The van der Waals surface area contributed by atoms with Crippen molar-refractivity contribution in [2.24, 2.45) is 10.9 Å². The van der Waals surface area contributed by atoms with E-state index in [1.54, 1.807) is 0 Å². The monoisotopic (exact) mass is 255 g/mol. The van der Waals surface area contributed by atoms with Gasteiger partial charge in [0.1, 0.15) is 13.2 Å². The summed E-state index contributed by atoms with van der Waals surface area (Å²) in [6, 6.07) is -0.632. The molecule has 2 unspecified atom stereocenters. The highest BCUT2D eigenvalue weighted by molar-refractivity contribution is 5.88. The number of aliphatic hydroxyl groups excluding tert-OH is 1. The van der Waals surface area contributed by atoms with Gasteiger partial charge >= 0.3 is 0 Å². The number of aliphatic hydroxyl groups is 1. The Kier molecular flexibility index (Phi) is 3.90. The number of nitrogens with zero attached hydrogens (tertiary/aromatic N) is 4. The lowest BCUT2D eigenvalue weighted by atomic mass is 10.2. The first-order valence-corrected chi connectivity index (χ1v) is 5.64. The molecule has 0 saturated carbocycles. The topological polar surface area (TPSA) is 110 Å². The minimum absolute atomic E-state index is 0.00212. The molecule has 1 aromatic heterocycles. The van der Waals surface area contributed by atoms with Gasteiger partial charge in [0.25, 0.3) is 0 Å². The molecule has 3 N–H and O–H groups in total. The molecular weight excluding hydrogens is 238 g/mol. The third-order valence-electron chi connectivity index (χ3n) is 2.88. The zero-order valence-electron chi connectivity index (χ0n) is 10.4. The summed E-state index contributed by atoms with van der Waals surface area (Å²) in [7, 11) is 3.47. The highest BCUT2D eigenvalue weighted by atomic mass is 16.6. The third-order valence-corrected chi connectivity index (χ3v) is 2.88. The molecule has 100 valence electrons. The van der Waals surface area contributed by atoms with Gasteiger partial charge in [-0.25, -0.2) is 0 Å². The quantitative estimate of drug-likeness (QED) is 0.694. The van der Waals surface area contributed by atoms with Crippen molar-refractivity contribution in [2.45, 2.75) is 18.5 Å².